The molecule has 0 saturated carbocycles. The van der Waals surface area contributed by atoms with Crippen LogP contribution in [-0.2, 0) is 4.79 Å². The highest BCUT2D eigenvalue weighted by Gasteiger charge is 2.11. The first-order valence-corrected chi connectivity index (χ1v) is 5.16. The van der Waals surface area contributed by atoms with Crippen LogP contribution in [-0.4, -0.2) is 25.2 Å². The molecule has 0 fully saturated rings. The Hall–Kier alpha value is -1.61. The number of benzene rings is 1. The average Bonchev–Trinajstić information content (AvgIpc) is 2.19. The third kappa shape index (κ3) is 5.98. The van der Waals surface area contributed by atoms with Crippen LogP contribution >= 0.6 is 0 Å². The van der Waals surface area contributed by atoms with Gasteiger partial charge in [0.25, 0.3) is 5.97 Å². The van der Waals surface area contributed by atoms with Crippen molar-refractivity contribution in [1.82, 2.24) is 0 Å². The van der Waals surface area contributed by atoms with Gasteiger partial charge in [-0.05, 0) is 6.08 Å². The lowest BCUT2D eigenvalue weighted by Gasteiger charge is -2.17. The van der Waals surface area contributed by atoms with E-state index in [9.17, 15) is 0 Å². The highest BCUT2D eigenvalue weighted by Crippen LogP contribution is 2.08. The Morgan fingerprint density at radius 1 is 1.38 bits per heavy atom. The van der Waals surface area contributed by atoms with Crippen LogP contribution in [0.15, 0.2) is 43.0 Å². The smallest absolute Gasteiger partial charge is 0.300 e. The number of carbonyl (C=O) groups is 1. The third-order valence-electron chi connectivity index (χ3n) is 2.02. The van der Waals surface area contributed by atoms with E-state index in [-0.39, 0.29) is 0 Å². The van der Waals surface area contributed by atoms with E-state index in [2.05, 4.69) is 44.9 Å². The van der Waals surface area contributed by atoms with Crippen LogP contribution in [0.4, 0.5) is 0 Å². The fourth-order valence-electron chi connectivity index (χ4n) is 1.37. The zero-order valence-corrected chi connectivity index (χ0v) is 10.1. The van der Waals surface area contributed by atoms with Crippen LogP contribution in [0.25, 0.3) is 0 Å². The van der Waals surface area contributed by atoms with Gasteiger partial charge in [0.05, 0.1) is 14.1 Å². The van der Waals surface area contributed by atoms with E-state index in [1.807, 2.05) is 12.1 Å². The van der Waals surface area contributed by atoms with Crippen LogP contribution in [0, 0.1) is 0 Å². The van der Waals surface area contributed by atoms with Gasteiger partial charge in [-0.15, -0.1) is 0 Å². The number of nitrogens with one attached hydrogen (secondary N) is 1. The highest BCUT2D eigenvalue weighted by molar-refractivity contribution is 5.62. The van der Waals surface area contributed by atoms with Gasteiger partial charge in [-0.1, -0.05) is 36.9 Å². The van der Waals surface area contributed by atoms with E-state index in [0.717, 1.165) is 6.92 Å². The molecule has 0 aliphatic rings. The van der Waals surface area contributed by atoms with E-state index < -0.39 is 5.97 Å². The number of aliphatic carboxylic acids is 1. The molecule has 1 rings (SSSR count). The molecule has 0 aromatic heterocycles. The number of likely N-dealkylation sites (N-methyl/N-ethyl adjacent to an activating group) is 1. The Balaban J connectivity index is 0.000000487. The quantitative estimate of drug-likeness (QED) is 0.753. The second kappa shape index (κ2) is 7.65. The molecule has 16 heavy (non-hydrogen) atoms. The topological polar surface area (TPSA) is 41.7 Å². The highest BCUT2D eigenvalue weighted by atomic mass is 16.4. The first kappa shape index (κ1) is 14.4. The van der Waals surface area contributed by atoms with Crippen LogP contribution in [0.5, 0.6) is 0 Å². The van der Waals surface area contributed by atoms with Crippen molar-refractivity contribution < 1.29 is 14.8 Å². The third-order valence-corrected chi connectivity index (χ3v) is 2.02. The number of rotatable bonds is 3. The molecule has 0 saturated heterocycles. The molecule has 1 aromatic rings. The van der Waals surface area contributed by atoms with Crippen molar-refractivity contribution >= 4 is 5.97 Å². The van der Waals surface area contributed by atoms with Crippen molar-refractivity contribution in [1.29, 1.82) is 0 Å². The number of carboxylic acid groups (broad SMARTS) is 1. The van der Waals surface area contributed by atoms with E-state index in [0.29, 0.717) is 6.04 Å². The second-order valence-corrected chi connectivity index (χ2v) is 3.72. The minimum atomic E-state index is -0.833. The minimum absolute atomic E-state index is 0.409. The lowest BCUT2D eigenvalue weighted by molar-refractivity contribution is -0.884. The molecule has 0 heterocycles. The molecule has 0 bridgehead atoms. The molecule has 0 spiro atoms. The second-order valence-electron chi connectivity index (χ2n) is 3.72. The molecule has 0 aliphatic carbocycles. The molecule has 0 amide bonds. The first-order valence-electron chi connectivity index (χ1n) is 5.16. The maximum absolute atomic E-state index is 9.00. The molecule has 1 unspecified atom stereocenters. The molecular formula is C13H20NO2+. The van der Waals surface area contributed by atoms with Gasteiger partial charge in [0.2, 0.25) is 0 Å². The molecule has 88 valence electrons. The Kier molecular flexibility index (Phi) is 6.88. The van der Waals surface area contributed by atoms with Crippen molar-refractivity contribution in [2.75, 3.05) is 14.1 Å². The monoisotopic (exact) mass is 222 g/mol. The van der Waals surface area contributed by atoms with Crippen molar-refractivity contribution in [3.63, 3.8) is 0 Å². The van der Waals surface area contributed by atoms with Gasteiger partial charge in [-0.2, -0.15) is 0 Å². The fourth-order valence-corrected chi connectivity index (χ4v) is 1.37. The molecule has 0 aliphatic heterocycles. The van der Waals surface area contributed by atoms with E-state index >= 15 is 0 Å². The standard InChI is InChI=1S/C11H15N.C2H4O2/c1-4-11(12(2)3)10-8-6-5-7-9-10;1-2(3)4/h4-9,11H,1H2,2-3H3;1H3,(H,3,4)/p+1. The van der Waals surface area contributed by atoms with Crippen molar-refractivity contribution in [3.05, 3.63) is 48.6 Å². The average molecular weight is 222 g/mol. The predicted octanol–water partition coefficient (Wildman–Crippen LogP) is 1.15. The predicted molar refractivity (Wildman–Crippen MR) is 65.5 cm³/mol. The van der Waals surface area contributed by atoms with Gasteiger partial charge < -0.3 is 10.0 Å². The van der Waals surface area contributed by atoms with Gasteiger partial charge >= 0.3 is 0 Å². The minimum Gasteiger partial charge on any atom is -0.481 e. The number of hydrogen-bond acceptors (Lipinski definition) is 1. The van der Waals surface area contributed by atoms with Gasteiger partial charge in [0.1, 0.15) is 6.04 Å². The Morgan fingerprint density at radius 2 is 1.81 bits per heavy atom. The van der Waals surface area contributed by atoms with Crippen molar-refractivity contribution in [2.45, 2.75) is 13.0 Å². The maximum atomic E-state index is 9.00. The summed E-state index contributed by atoms with van der Waals surface area (Å²) in [5.41, 5.74) is 1.33. The Labute approximate surface area is 97.0 Å². The van der Waals surface area contributed by atoms with Crippen molar-refractivity contribution in [3.8, 4) is 0 Å². The van der Waals surface area contributed by atoms with Crippen molar-refractivity contribution in [2.24, 2.45) is 0 Å². The molecule has 1 aromatic carbocycles. The maximum Gasteiger partial charge on any atom is 0.300 e. The molecule has 1 atom stereocenters. The van der Waals surface area contributed by atoms with E-state index in [4.69, 9.17) is 9.90 Å². The summed E-state index contributed by atoms with van der Waals surface area (Å²) in [5.74, 6) is -0.833. The summed E-state index contributed by atoms with van der Waals surface area (Å²) in [7, 11) is 4.28. The number of carboxylic acids is 1. The van der Waals surface area contributed by atoms with E-state index in [1.165, 1.54) is 10.5 Å². The normalized spacial score (nSPS) is 11.2. The lowest BCUT2D eigenvalue weighted by Crippen LogP contribution is -3.05. The zero-order valence-electron chi connectivity index (χ0n) is 10.1. The summed E-state index contributed by atoms with van der Waals surface area (Å²) in [6.07, 6.45) is 1.99. The summed E-state index contributed by atoms with van der Waals surface area (Å²) in [4.78, 5) is 10.4. The van der Waals surface area contributed by atoms with Gasteiger partial charge in [0.15, 0.2) is 0 Å². The summed E-state index contributed by atoms with van der Waals surface area (Å²) in [6.45, 7) is 4.92. The molecule has 3 heteroatoms. The fraction of sp³-hybridized carbons (Fsp3) is 0.308. The Morgan fingerprint density at radius 3 is 2.12 bits per heavy atom. The van der Waals surface area contributed by atoms with E-state index in [1.54, 1.807) is 0 Å². The number of hydrogen-bond donors (Lipinski definition) is 2. The number of quaternary nitrogens is 1. The summed E-state index contributed by atoms with van der Waals surface area (Å²) < 4.78 is 0. The molecule has 2 N–H and O–H groups in total. The zero-order chi connectivity index (χ0) is 12.6. The molecule has 0 radical (unpaired) electrons. The van der Waals surface area contributed by atoms with Crippen LogP contribution in [0.1, 0.15) is 18.5 Å². The van der Waals surface area contributed by atoms with Gasteiger partial charge in [-0.3, -0.25) is 4.79 Å². The van der Waals surface area contributed by atoms with Gasteiger partial charge in [0, 0.05) is 12.5 Å². The van der Waals surface area contributed by atoms with Crippen LogP contribution in [0.3, 0.4) is 0 Å². The Bertz CT molecular complexity index is 316. The molecular weight excluding hydrogens is 202 g/mol. The summed E-state index contributed by atoms with van der Waals surface area (Å²) >= 11 is 0. The summed E-state index contributed by atoms with van der Waals surface area (Å²) in [5, 5.41) is 7.42. The van der Waals surface area contributed by atoms with Crippen LogP contribution in [0.2, 0.25) is 0 Å². The summed E-state index contributed by atoms with van der Waals surface area (Å²) in [6, 6.07) is 10.8. The van der Waals surface area contributed by atoms with Crippen LogP contribution < -0.4 is 4.90 Å². The molecule has 3 nitrogen and oxygen atoms in total. The SMILES string of the molecule is C=CC(c1ccccc1)[NH+](C)C.CC(=O)O. The first-order chi connectivity index (χ1) is 7.49. The van der Waals surface area contributed by atoms with Gasteiger partial charge in [-0.25, -0.2) is 0 Å². The largest absolute Gasteiger partial charge is 0.481 e. The lowest BCUT2D eigenvalue weighted by atomic mass is 10.1.